The van der Waals surface area contributed by atoms with Crippen LogP contribution in [0.15, 0.2) is 18.2 Å². The van der Waals surface area contributed by atoms with Crippen molar-refractivity contribution in [1.29, 1.82) is 5.26 Å². The Morgan fingerprint density at radius 2 is 1.95 bits per heavy atom. The van der Waals surface area contributed by atoms with Crippen molar-refractivity contribution < 1.29 is 14.3 Å². The van der Waals surface area contributed by atoms with Gasteiger partial charge in [0, 0.05) is 6.54 Å². The van der Waals surface area contributed by atoms with Gasteiger partial charge < -0.3 is 14.8 Å². The van der Waals surface area contributed by atoms with E-state index in [0.717, 1.165) is 5.56 Å². The summed E-state index contributed by atoms with van der Waals surface area (Å²) in [7, 11) is 0. The summed E-state index contributed by atoms with van der Waals surface area (Å²) in [6, 6.07) is 7.32. The molecule has 0 fully saturated rings. The predicted octanol–water partition coefficient (Wildman–Crippen LogP) is 2.01. The molecule has 1 rings (SSSR count). The summed E-state index contributed by atoms with van der Waals surface area (Å²) in [5.41, 5.74) is 0.901. The fourth-order valence-corrected chi connectivity index (χ4v) is 1.54. The largest absolute Gasteiger partial charge is 0.490 e. The summed E-state index contributed by atoms with van der Waals surface area (Å²) < 4.78 is 10.9. The van der Waals surface area contributed by atoms with Crippen molar-refractivity contribution in [3.63, 3.8) is 0 Å². The van der Waals surface area contributed by atoms with Crippen LogP contribution in [-0.4, -0.2) is 19.1 Å². The minimum atomic E-state index is -0.283. The highest BCUT2D eigenvalue weighted by molar-refractivity contribution is 5.77. The van der Waals surface area contributed by atoms with Gasteiger partial charge >= 0.3 is 0 Å². The molecule has 0 aliphatic carbocycles. The SMILES string of the molecule is CCOc1ccc(CNC(=O)CC#N)cc1OCC. The van der Waals surface area contributed by atoms with E-state index in [4.69, 9.17) is 14.7 Å². The van der Waals surface area contributed by atoms with Crippen LogP contribution in [-0.2, 0) is 11.3 Å². The van der Waals surface area contributed by atoms with Gasteiger partial charge in [-0.15, -0.1) is 0 Å². The Balaban J connectivity index is 2.72. The number of hydrogen-bond donors (Lipinski definition) is 1. The van der Waals surface area contributed by atoms with Gasteiger partial charge in [0.05, 0.1) is 19.3 Å². The molecule has 0 aliphatic heterocycles. The summed E-state index contributed by atoms with van der Waals surface area (Å²) >= 11 is 0. The molecule has 1 aromatic rings. The van der Waals surface area contributed by atoms with Crippen LogP contribution >= 0.6 is 0 Å². The second-order valence-corrected chi connectivity index (χ2v) is 3.76. The molecule has 0 saturated heterocycles. The summed E-state index contributed by atoms with van der Waals surface area (Å²) in [5, 5.41) is 11.1. The second-order valence-electron chi connectivity index (χ2n) is 3.76. The number of ether oxygens (including phenoxy) is 2. The van der Waals surface area contributed by atoms with Crippen molar-refractivity contribution >= 4 is 5.91 Å². The zero-order valence-electron chi connectivity index (χ0n) is 11.2. The van der Waals surface area contributed by atoms with E-state index in [0.29, 0.717) is 31.3 Å². The zero-order valence-corrected chi connectivity index (χ0v) is 11.2. The third-order valence-corrected chi connectivity index (χ3v) is 2.34. The van der Waals surface area contributed by atoms with Crippen LogP contribution in [0.25, 0.3) is 0 Å². The summed E-state index contributed by atoms with van der Waals surface area (Å²) in [6.45, 7) is 5.29. The van der Waals surface area contributed by atoms with Crippen LogP contribution in [0.4, 0.5) is 0 Å². The zero-order chi connectivity index (χ0) is 14.1. The Bertz CT molecular complexity index is 466. The Morgan fingerprint density at radius 3 is 2.58 bits per heavy atom. The maximum atomic E-state index is 11.2. The number of benzene rings is 1. The highest BCUT2D eigenvalue weighted by Crippen LogP contribution is 2.28. The molecule has 1 amide bonds. The third kappa shape index (κ3) is 4.88. The van der Waals surface area contributed by atoms with Crippen molar-refractivity contribution in [2.24, 2.45) is 0 Å². The van der Waals surface area contributed by atoms with Crippen molar-refractivity contribution in [2.45, 2.75) is 26.8 Å². The Kier molecular flexibility index (Phi) is 6.23. The molecule has 0 aromatic heterocycles. The van der Waals surface area contributed by atoms with Crippen molar-refractivity contribution in [3.8, 4) is 17.6 Å². The van der Waals surface area contributed by atoms with Crippen molar-refractivity contribution in [3.05, 3.63) is 23.8 Å². The number of hydrogen-bond acceptors (Lipinski definition) is 4. The van der Waals surface area contributed by atoms with E-state index in [1.165, 1.54) is 0 Å². The molecule has 5 nitrogen and oxygen atoms in total. The number of carbonyl (C=O) groups excluding carboxylic acids is 1. The molecule has 102 valence electrons. The molecule has 5 heteroatoms. The summed E-state index contributed by atoms with van der Waals surface area (Å²) in [6.07, 6.45) is -0.130. The first kappa shape index (κ1) is 14.8. The molecule has 0 unspecified atom stereocenters. The lowest BCUT2D eigenvalue weighted by Crippen LogP contribution is -2.21. The Labute approximate surface area is 113 Å². The number of nitrogens with one attached hydrogen (secondary N) is 1. The van der Waals surface area contributed by atoms with Gasteiger partial charge in [-0.3, -0.25) is 4.79 Å². The molecule has 0 spiro atoms. The molecule has 1 N–H and O–H groups in total. The maximum absolute atomic E-state index is 11.2. The summed E-state index contributed by atoms with van der Waals surface area (Å²) in [4.78, 5) is 11.2. The third-order valence-electron chi connectivity index (χ3n) is 2.34. The van der Waals surface area contributed by atoms with Gasteiger partial charge in [0.25, 0.3) is 0 Å². The lowest BCUT2D eigenvalue weighted by molar-refractivity contribution is -0.120. The number of nitriles is 1. The van der Waals surface area contributed by atoms with Gasteiger partial charge in [0.15, 0.2) is 11.5 Å². The molecule has 0 bridgehead atoms. The molecular formula is C14H18N2O3. The second kappa shape index (κ2) is 7.98. The molecule has 19 heavy (non-hydrogen) atoms. The van der Waals surface area contributed by atoms with E-state index in [1.54, 1.807) is 6.07 Å². The van der Waals surface area contributed by atoms with Crippen LogP contribution in [0.5, 0.6) is 11.5 Å². The van der Waals surface area contributed by atoms with Gasteiger partial charge in [-0.05, 0) is 31.5 Å². The first-order valence-corrected chi connectivity index (χ1v) is 6.23. The lowest BCUT2D eigenvalue weighted by atomic mass is 10.2. The highest BCUT2D eigenvalue weighted by atomic mass is 16.5. The van der Waals surface area contributed by atoms with Gasteiger partial charge in [0.1, 0.15) is 6.42 Å². The molecule has 0 saturated carbocycles. The van der Waals surface area contributed by atoms with Crippen LogP contribution in [0.3, 0.4) is 0 Å². The quantitative estimate of drug-likeness (QED) is 0.816. The number of rotatable bonds is 7. The van der Waals surface area contributed by atoms with Crippen LogP contribution in [0.1, 0.15) is 25.8 Å². The number of amides is 1. The van der Waals surface area contributed by atoms with E-state index >= 15 is 0 Å². The first-order valence-electron chi connectivity index (χ1n) is 6.23. The van der Waals surface area contributed by atoms with E-state index in [-0.39, 0.29) is 12.3 Å². The summed E-state index contributed by atoms with van der Waals surface area (Å²) in [5.74, 6) is 1.07. The predicted molar refractivity (Wildman–Crippen MR) is 70.9 cm³/mol. The first-order chi connectivity index (χ1) is 9.21. The fourth-order valence-electron chi connectivity index (χ4n) is 1.54. The minimum Gasteiger partial charge on any atom is -0.490 e. The minimum absolute atomic E-state index is 0.130. The smallest absolute Gasteiger partial charge is 0.234 e. The van der Waals surface area contributed by atoms with E-state index < -0.39 is 0 Å². The number of nitrogens with zero attached hydrogens (tertiary/aromatic N) is 1. The standard InChI is InChI=1S/C14H18N2O3/c1-3-18-12-6-5-11(9-13(12)19-4-2)10-16-14(17)7-8-15/h5-6,9H,3-4,7,10H2,1-2H3,(H,16,17). The van der Waals surface area contributed by atoms with Crippen molar-refractivity contribution in [1.82, 2.24) is 5.32 Å². The Morgan fingerprint density at radius 1 is 1.26 bits per heavy atom. The molecule has 0 heterocycles. The molecule has 0 aliphatic rings. The van der Waals surface area contributed by atoms with Crippen LogP contribution in [0.2, 0.25) is 0 Å². The van der Waals surface area contributed by atoms with Crippen LogP contribution in [0, 0.1) is 11.3 Å². The Hall–Kier alpha value is -2.22. The monoisotopic (exact) mass is 262 g/mol. The normalized spacial score (nSPS) is 9.53. The van der Waals surface area contributed by atoms with E-state index in [9.17, 15) is 4.79 Å². The molecule has 1 aromatic carbocycles. The van der Waals surface area contributed by atoms with Gasteiger partial charge in [-0.2, -0.15) is 5.26 Å². The molecule has 0 radical (unpaired) electrons. The number of carbonyl (C=O) groups is 1. The maximum Gasteiger partial charge on any atom is 0.234 e. The fraction of sp³-hybridized carbons (Fsp3) is 0.429. The van der Waals surface area contributed by atoms with Gasteiger partial charge in [0.2, 0.25) is 5.91 Å². The van der Waals surface area contributed by atoms with E-state index in [2.05, 4.69) is 5.32 Å². The average Bonchev–Trinajstić information content (AvgIpc) is 2.40. The lowest BCUT2D eigenvalue weighted by Gasteiger charge is -2.12. The molecular weight excluding hydrogens is 244 g/mol. The topological polar surface area (TPSA) is 71.3 Å². The van der Waals surface area contributed by atoms with Crippen molar-refractivity contribution in [2.75, 3.05) is 13.2 Å². The van der Waals surface area contributed by atoms with Gasteiger partial charge in [-0.1, -0.05) is 6.07 Å². The highest BCUT2D eigenvalue weighted by Gasteiger charge is 2.07. The molecule has 0 atom stereocenters. The van der Waals surface area contributed by atoms with E-state index in [1.807, 2.05) is 32.0 Å². The van der Waals surface area contributed by atoms with Gasteiger partial charge in [-0.25, -0.2) is 0 Å². The average molecular weight is 262 g/mol. The van der Waals surface area contributed by atoms with Crippen LogP contribution < -0.4 is 14.8 Å².